The van der Waals surface area contributed by atoms with E-state index >= 15 is 0 Å². The highest BCUT2D eigenvalue weighted by atomic mass is 16.5. The number of Topliss-reactive ketones (excluding diaryl/α,β-unsaturated/α-hetero) is 1. The lowest BCUT2D eigenvalue weighted by molar-refractivity contribution is -0.114. The second-order valence-corrected chi connectivity index (χ2v) is 4.26. The SMILES string of the molecule is C=CCO/C(C(=C)OC)=C(/C=C)C(=O)Cc1ccccc1.CC. The molecular formula is C20H26O3. The standard InChI is InChI=1S/C18H20O3.C2H6/c1-5-12-21-18(14(3)20-4)16(6-2)17(19)13-15-10-8-7-9-11-15;1-2/h5-11H,1-3,12-13H2,4H3;1-2H3/b18-16-;. The molecule has 124 valence electrons. The molecule has 1 rings (SSSR count). The van der Waals surface area contributed by atoms with E-state index in [1.807, 2.05) is 44.2 Å². The van der Waals surface area contributed by atoms with Crippen LogP contribution in [-0.4, -0.2) is 19.5 Å². The topological polar surface area (TPSA) is 35.5 Å². The van der Waals surface area contributed by atoms with Gasteiger partial charge in [0.1, 0.15) is 6.61 Å². The molecule has 0 amide bonds. The highest BCUT2D eigenvalue weighted by Crippen LogP contribution is 2.19. The van der Waals surface area contributed by atoms with Gasteiger partial charge in [-0.15, -0.1) is 0 Å². The van der Waals surface area contributed by atoms with Crippen molar-refractivity contribution in [3.05, 3.63) is 84.9 Å². The Morgan fingerprint density at radius 3 is 2.26 bits per heavy atom. The van der Waals surface area contributed by atoms with Crippen LogP contribution in [0.1, 0.15) is 19.4 Å². The quantitative estimate of drug-likeness (QED) is 0.288. The van der Waals surface area contributed by atoms with Crippen molar-refractivity contribution in [1.29, 1.82) is 0 Å². The summed E-state index contributed by atoms with van der Waals surface area (Å²) in [5.41, 5.74) is 1.28. The van der Waals surface area contributed by atoms with Crippen molar-refractivity contribution in [2.24, 2.45) is 0 Å². The molecule has 0 aliphatic rings. The van der Waals surface area contributed by atoms with Gasteiger partial charge in [-0.3, -0.25) is 4.79 Å². The normalized spacial score (nSPS) is 10.4. The lowest BCUT2D eigenvalue weighted by Gasteiger charge is -2.14. The summed E-state index contributed by atoms with van der Waals surface area (Å²) in [5, 5.41) is 0. The third kappa shape index (κ3) is 6.83. The zero-order valence-electron chi connectivity index (χ0n) is 14.3. The molecule has 0 saturated carbocycles. The molecule has 1 aromatic carbocycles. The van der Waals surface area contributed by atoms with Crippen molar-refractivity contribution in [3.63, 3.8) is 0 Å². The first-order valence-electron chi connectivity index (χ1n) is 7.54. The van der Waals surface area contributed by atoms with E-state index in [-0.39, 0.29) is 24.6 Å². The van der Waals surface area contributed by atoms with Crippen LogP contribution < -0.4 is 0 Å². The molecule has 0 spiro atoms. The summed E-state index contributed by atoms with van der Waals surface area (Å²) < 4.78 is 10.6. The third-order valence-corrected chi connectivity index (χ3v) is 2.80. The predicted molar refractivity (Wildman–Crippen MR) is 96.0 cm³/mol. The van der Waals surface area contributed by atoms with Crippen LogP contribution in [-0.2, 0) is 20.7 Å². The van der Waals surface area contributed by atoms with Crippen LogP contribution in [0.5, 0.6) is 0 Å². The maximum atomic E-state index is 12.4. The maximum Gasteiger partial charge on any atom is 0.171 e. The molecule has 23 heavy (non-hydrogen) atoms. The summed E-state index contributed by atoms with van der Waals surface area (Å²) in [6.07, 6.45) is 3.32. The minimum absolute atomic E-state index is 0.103. The summed E-state index contributed by atoms with van der Waals surface area (Å²) >= 11 is 0. The number of benzene rings is 1. The molecule has 3 heteroatoms. The second kappa shape index (κ2) is 12.0. The number of hydrogen-bond acceptors (Lipinski definition) is 3. The molecule has 0 unspecified atom stereocenters. The van der Waals surface area contributed by atoms with Crippen LogP contribution in [0.15, 0.2) is 79.3 Å². The first kappa shape index (κ1) is 20.5. The van der Waals surface area contributed by atoms with E-state index < -0.39 is 0 Å². The smallest absolute Gasteiger partial charge is 0.171 e. The Kier molecular flexibility index (Phi) is 10.7. The van der Waals surface area contributed by atoms with Crippen LogP contribution in [0, 0.1) is 0 Å². The Morgan fingerprint density at radius 2 is 1.78 bits per heavy atom. The maximum absolute atomic E-state index is 12.4. The zero-order chi connectivity index (χ0) is 17.7. The van der Waals surface area contributed by atoms with Gasteiger partial charge in [-0.05, 0) is 5.56 Å². The summed E-state index contributed by atoms with van der Waals surface area (Å²) in [6, 6.07) is 9.48. The van der Waals surface area contributed by atoms with Gasteiger partial charge < -0.3 is 9.47 Å². The summed E-state index contributed by atoms with van der Waals surface area (Å²) in [7, 11) is 1.47. The number of hydrogen-bond donors (Lipinski definition) is 0. The van der Waals surface area contributed by atoms with Gasteiger partial charge in [0.05, 0.1) is 12.7 Å². The molecule has 3 nitrogen and oxygen atoms in total. The number of rotatable bonds is 9. The third-order valence-electron chi connectivity index (χ3n) is 2.80. The Labute approximate surface area is 139 Å². The van der Waals surface area contributed by atoms with Crippen molar-refractivity contribution < 1.29 is 14.3 Å². The minimum Gasteiger partial charge on any atom is -0.493 e. The minimum atomic E-state index is -0.103. The van der Waals surface area contributed by atoms with Crippen LogP contribution in [0.4, 0.5) is 0 Å². The van der Waals surface area contributed by atoms with E-state index in [1.165, 1.54) is 13.2 Å². The molecule has 0 atom stereocenters. The Morgan fingerprint density at radius 1 is 1.17 bits per heavy atom. The Bertz CT molecular complexity index is 554. The number of carbonyl (C=O) groups excluding carboxylic acids is 1. The molecule has 1 aromatic rings. The summed E-state index contributed by atoms with van der Waals surface area (Å²) in [6.45, 7) is 15.3. The van der Waals surface area contributed by atoms with Crippen molar-refractivity contribution in [2.45, 2.75) is 20.3 Å². The van der Waals surface area contributed by atoms with Crippen LogP contribution in [0.3, 0.4) is 0 Å². The van der Waals surface area contributed by atoms with Gasteiger partial charge in [0.2, 0.25) is 0 Å². The number of allylic oxidation sites excluding steroid dienone is 2. The van der Waals surface area contributed by atoms with Gasteiger partial charge in [-0.2, -0.15) is 0 Å². The fourth-order valence-corrected chi connectivity index (χ4v) is 1.75. The molecular weight excluding hydrogens is 288 g/mol. The van der Waals surface area contributed by atoms with E-state index in [1.54, 1.807) is 6.08 Å². The van der Waals surface area contributed by atoms with Gasteiger partial charge >= 0.3 is 0 Å². The second-order valence-electron chi connectivity index (χ2n) is 4.26. The molecule has 0 saturated heterocycles. The Hall–Kier alpha value is -2.55. The van der Waals surface area contributed by atoms with E-state index in [9.17, 15) is 4.79 Å². The molecule has 0 bridgehead atoms. The number of ketones is 1. The van der Waals surface area contributed by atoms with Gasteiger partial charge in [0.15, 0.2) is 17.3 Å². The first-order valence-corrected chi connectivity index (χ1v) is 7.54. The van der Waals surface area contributed by atoms with Crippen molar-refractivity contribution in [3.8, 4) is 0 Å². The van der Waals surface area contributed by atoms with Gasteiger partial charge in [0.25, 0.3) is 0 Å². The van der Waals surface area contributed by atoms with Crippen molar-refractivity contribution in [2.75, 3.05) is 13.7 Å². The largest absolute Gasteiger partial charge is 0.493 e. The Balaban J connectivity index is 0.00000232. The van der Waals surface area contributed by atoms with Gasteiger partial charge in [-0.25, -0.2) is 0 Å². The molecule has 0 radical (unpaired) electrons. The highest BCUT2D eigenvalue weighted by Gasteiger charge is 2.17. The van der Waals surface area contributed by atoms with Gasteiger partial charge in [0, 0.05) is 6.42 Å². The van der Waals surface area contributed by atoms with E-state index in [4.69, 9.17) is 9.47 Å². The summed E-state index contributed by atoms with van der Waals surface area (Å²) in [5.74, 6) is 0.481. The van der Waals surface area contributed by atoms with E-state index in [0.717, 1.165) is 5.56 Å². The van der Waals surface area contributed by atoms with Crippen LogP contribution >= 0.6 is 0 Å². The summed E-state index contributed by atoms with van der Waals surface area (Å²) in [4.78, 5) is 12.4. The molecule has 0 heterocycles. The zero-order valence-corrected chi connectivity index (χ0v) is 14.3. The highest BCUT2D eigenvalue weighted by molar-refractivity contribution is 6.00. The fraction of sp³-hybridized carbons (Fsp3) is 0.250. The lowest BCUT2D eigenvalue weighted by Crippen LogP contribution is -2.11. The molecule has 0 N–H and O–H groups in total. The number of carbonyl (C=O) groups is 1. The number of ether oxygens (including phenoxy) is 2. The molecule has 0 aromatic heterocycles. The van der Waals surface area contributed by atoms with E-state index in [2.05, 4.69) is 19.7 Å². The van der Waals surface area contributed by atoms with Crippen LogP contribution in [0.25, 0.3) is 0 Å². The lowest BCUT2D eigenvalue weighted by atomic mass is 10.0. The number of methoxy groups -OCH3 is 1. The van der Waals surface area contributed by atoms with E-state index in [0.29, 0.717) is 11.3 Å². The van der Waals surface area contributed by atoms with Crippen molar-refractivity contribution >= 4 is 5.78 Å². The average Bonchev–Trinajstić information content (AvgIpc) is 2.60. The molecule has 0 aliphatic heterocycles. The molecule has 0 fully saturated rings. The van der Waals surface area contributed by atoms with Crippen LogP contribution in [0.2, 0.25) is 0 Å². The molecule has 0 aliphatic carbocycles. The first-order chi connectivity index (χ1) is 11.1. The van der Waals surface area contributed by atoms with Gasteiger partial charge in [-0.1, -0.05) is 76.1 Å². The average molecular weight is 314 g/mol. The predicted octanol–water partition coefficient (Wildman–Crippen LogP) is 4.63. The monoisotopic (exact) mass is 314 g/mol. The van der Waals surface area contributed by atoms with Crippen molar-refractivity contribution in [1.82, 2.24) is 0 Å². The fourth-order valence-electron chi connectivity index (χ4n) is 1.75.